The monoisotopic (exact) mass is 264 g/mol. The van der Waals surface area contributed by atoms with Gasteiger partial charge >= 0.3 is 6.03 Å². The van der Waals surface area contributed by atoms with Gasteiger partial charge in [-0.2, -0.15) is 0 Å². The molecule has 0 aliphatic carbocycles. The van der Waals surface area contributed by atoms with Crippen molar-refractivity contribution in [1.82, 2.24) is 10.2 Å². The van der Waals surface area contributed by atoms with Gasteiger partial charge in [0, 0.05) is 25.0 Å². The number of hydrogen-bond donors (Lipinski definition) is 1. The quantitative estimate of drug-likeness (QED) is 0.894. The number of amides is 2. The maximum atomic E-state index is 12.1. The molecule has 4 heteroatoms. The highest BCUT2D eigenvalue weighted by molar-refractivity contribution is 5.75. The van der Waals surface area contributed by atoms with E-state index in [1.165, 1.54) is 11.1 Å². The van der Waals surface area contributed by atoms with Gasteiger partial charge in [0.15, 0.2) is 0 Å². The smallest absolute Gasteiger partial charge is 0.317 e. The highest BCUT2D eigenvalue weighted by atomic mass is 19.1. The number of aryl methyl sites for hydroxylation is 1. The molecule has 1 aromatic carbocycles. The van der Waals surface area contributed by atoms with Gasteiger partial charge in [0.05, 0.1) is 0 Å². The van der Waals surface area contributed by atoms with E-state index in [-0.39, 0.29) is 18.6 Å². The van der Waals surface area contributed by atoms with Crippen LogP contribution in [0, 0.1) is 6.92 Å². The van der Waals surface area contributed by atoms with Gasteiger partial charge in [0.2, 0.25) is 0 Å². The lowest BCUT2D eigenvalue weighted by atomic mass is 9.96. The Kier molecular flexibility index (Phi) is 4.40. The summed E-state index contributed by atoms with van der Waals surface area (Å²) in [5.41, 5.74) is 2.52. The van der Waals surface area contributed by atoms with Gasteiger partial charge in [-0.15, -0.1) is 0 Å². The van der Waals surface area contributed by atoms with Gasteiger partial charge in [-0.3, -0.25) is 0 Å². The summed E-state index contributed by atoms with van der Waals surface area (Å²) in [6, 6.07) is 8.52. The van der Waals surface area contributed by atoms with Gasteiger partial charge in [0.25, 0.3) is 0 Å². The van der Waals surface area contributed by atoms with Crippen molar-refractivity contribution >= 4 is 6.03 Å². The zero-order chi connectivity index (χ0) is 13.8. The van der Waals surface area contributed by atoms with Crippen LogP contribution >= 0.6 is 0 Å². The number of benzene rings is 1. The van der Waals surface area contributed by atoms with Gasteiger partial charge in [-0.1, -0.05) is 29.8 Å². The summed E-state index contributed by atoms with van der Waals surface area (Å²) in [6.45, 7) is 4.40. The summed E-state index contributed by atoms with van der Waals surface area (Å²) in [4.78, 5) is 13.7. The topological polar surface area (TPSA) is 32.3 Å². The van der Waals surface area contributed by atoms with Crippen LogP contribution in [0.1, 0.15) is 30.4 Å². The Morgan fingerprint density at radius 3 is 2.74 bits per heavy atom. The molecule has 0 spiro atoms. The minimum absolute atomic E-state index is 0.0945. The Labute approximate surface area is 113 Å². The molecule has 1 heterocycles. The minimum atomic E-state index is -0.519. The first kappa shape index (κ1) is 13.8. The second-order valence-corrected chi connectivity index (χ2v) is 5.27. The van der Waals surface area contributed by atoms with Crippen molar-refractivity contribution in [3.05, 3.63) is 35.4 Å². The van der Waals surface area contributed by atoms with E-state index in [1.54, 1.807) is 4.90 Å². The van der Waals surface area contributed by atoms with E-state index in [0.29, 0.717) is 12.5 Å². The number of hydrogen-bond acceptors (Lipinski definition) is 1. The average Bonchev–Trinajstić information content (AvgIpc) is 2.79. The maximum absolute atomic E-state index is 12.1. The number of carbonyl (C=O) groups is 1. The van der Waals surface area contributed by atoms with E-state index in [4.69, 9.17) is 0 Å². The Morgan fingerprint density at radius 1 is 1.42 bits per heavy atom. The Hall–Kier alpha value is -1.58. The van der Waals surface area contributed by atoms with Crippen LogP contribution in [0.3, 0.4) is 0 Å². The predicted molar refractivity (Wildman–Crippen MR) is 74.1 cm³/mol. The molecule has 1 aliphatic rings. The summed E-state index contributed by atoms with van der Waals surface area (Å²) in [5.74, 6) is 0.381. The molecule has 1 saturated heterocycles. The zero-order valence-corrected chi connectivity index (χ0v) is 11.5. The maximum Gasteiger partial charge on any atom is 0.317 e. The molecule has 1 aromatic rings. The second kappa shape index (κ2) is 6.04. The molecule has 0 bridgehead atoms. The third kappa shape index (κ3) is 3.25. The fraction of sp³-hybridized carbons (Fsp3) is 0.533. The molecule has 1 aliphatic heterocycles. The molecule has 3 nitrogen and oxygen atoms in total. The molecule has 1 fully saturated rings. The van der Waals surface area contributed by atoms with Crippen LogP contribution in [0.4, 0.5) is 9.18 Å². The van der Waals surface area contributed by atoms with Crippen molar-refractivity contribution in [2.75, 3.05) is 19.8 Å². The summed E-state index contributed by atoms with van der Waals surface area (Å²) < 4.78 is 12.1. The van der Waals surface area contributed by atoms with E-state index >= 15 is 0 Å². The molecule has 0 radical (unpaired) electrons. The van der Waals surface area contributed by atoms with Gasteiger partial charge in [0.1, 0.15) is 6.67 Å². The molecule has 0 saturated carbocycles. The Bertz CT molecular complexity index is 432. The molecule has 0 aromatic heterocycles. The number of carbonyl (C=O) groups excluding carboxylic acids is 1. The highest BCUT2D eigenvalue weighted by Gasteiger charge is 2.32. The molecule has 1 N–H and O–H groups in total. The molecule has 104 valence electrons. The summed E-state index contributed by atoms with van der Waals surface area (Å²) >= 11 is 0. The average molecular weight is 264 g/mol. The van der Waals surface area contributed by atoms with Crippen molar-refractivity contribution in [1.29, 1.82) is 0 Å². The van der Waals surface area contributed by atoms with Gasteiger partial charge in [-0.25, -0.2) is 9.18 Å². The van der Waals surface area contributed by atoms with Crippen LogP contribution < -0.4 is 5.32 Å². The Balaban J connectivity index is 2.00. The first-order valence-corrected chi connectivity index (χ1v) is 6.79. The number of rotatable bonds is 3. The lowest BCUT2D eigenvalue weighted by Gasteiger charge is -2.21. The molecular formula is C15H21FN2O. The summed E-state index contributed by atoms with van der Waals surface area (Å²) in [7, 11) is 0. The molecule has 2 rings (SSSR count). The first-order valence-electron chi connectivity index (χ1n) is 6.79. The van der Waals surface area contributed by atoms with E-state index in [9.17, 15) is 9.18 Å². The van der Waals surface area contributed by atoms with Crippen molar-refractivity contribution in [3.63, 3.8) is 0 Å². The van der Waals surface area contributed by atoms with Crippen LogP contribution in [0.25, 0.3) is 0 Å². The minimum Gasteiger partial charge on any atom is -0.335 e. The zero-order valence-electron chi connectivity index (χ0n) is 11.5. The standard InChI is InChI=1S/C15H21FN2O/c1-11-3-5-13(6-4-11)14-9-12(2)18(10-14)15(19)17-8-7-16/h3-6,12,14H,7-10H2,1-2H3,(H,17,19). The third-order valence-electron chi connectivity index (χ3n) is 3.76. The highest BCUT2D eigenvalue weighted by Crippen LogP contribution is 2.31. The molecule has 19 heavy (non-hydrogen) atoms. The fourth-order valence-corrected chi connectivity index (χ4v) is 2.65. The second-order valence-electron chi connectivity index (χ2n) is 5.27. The summed E-state index contributed by atoms with van der Waals surface area (Å²) in [5, 5.41) is 2.60. The van der Waals surface area contributed by atoms with E-state index < -0.39 is 6.67 Å². The van der Waals surface area contributed by atoms with Crippen LogP contribution in [-0.2, 0) is 0 Å². The van der Waals surface area contributed by atoms with Gasteiger partial charge < -0.3 is 10.2 Å². The normalized spacial score (nSPS) is 22.6. The van der Waals surface area contributed by atoms with Crippen molar-refractivity contribution in [2.24, 2.45) is 0 Å². The van der Waals surface area contributed by atoms with Crippen molar-refractivity contribution in [3.8, 4) is 0 Å². The fourth-order valence-electron chi connectivity index (χ4n) is 2.65. The van der Waals surface area contributed by atoms with Gasteiger partial charge in [-0.05, 0) is 25.8 Å². The van der Waals surface area contributed by atoms with E-state index in [2.05, 4.69) is 36.5 Å². The molecule has 2 unspecified atom stereocenters. The van der Waals surface area contributed by atoms with Crippen LogP contribution in [0.15, 0.2) is 24.3 Å². The summed E-state index contributed by atoms with van der Waals surface area (Å²) in [6.07, 6.45) is 0.964. The number of likely N-dealkylation sites (tertiary alicyclic amines) is 1. The number of alkyl halides is 1. The number of nitrogens with one attached hydrogen (secondary N) is 1. The lowest BCUT2D eigenvalue weighted by molar-refractivity contribution is 0.194. The third-order valence-corrected chi connectivity index (χ3v) is 3.76. The SMILES string of the molecule is Cc1ccc(C2CC(C)N(C(=O)NCCF)C2)cc1. The molecule has 2 atom stereocenters. The molecular weight excluding hydrogens is 243 g/mol. The predicted octanol–water partition coefficient (Wildman–Crippen LogP) is 2.85. The Morgan fingerprint density at radius 2 is 2.11 bits per heavy atom. The number of urea groups is 1. The number of halogens is 1. The largest absolute Gasteiger partial charge is 0.335 e. The van der Waals surface area contributed by atoms with Crippen molar-refractivity contribution < 1.29 is 9.18 Å². The molecule has 2 amide bonds. The van der Waals surface area contributed by atoms with Crippen LogP contribution in [-0.4, -0.2) is 36.7 Å². The van der Waals surface area contributed by atoms with E-state index in [0.717, 1.165) is 6.42 Å². The van der Waals surface area contributed by atoms with E-state index in [1.807, 2.05) is 6.92 Å². The van der Waals surface area contributed by atoms with Crippen molar-refractivity contribution in [2.45, 2.75) is 32.2 Å². The van der Waals surface area contributed by atoms with Crippen LogP contribution in [0.5, 0.6) is 0 Å². The lowest BCUT2D eigenvalue weighted by Crippen LogP contribution is -2.42. The van der Waals surface area contributed by atoms with Crippen LogP contribution in [0.2, 0.25) is 0 Å². The number of nitrogens with zero attached hydrogens (tertiary/aromatic N) is 1. The first-order chi connectivity index (χ1) is 9.11.